The molecule has 2 aromatic carbocycles. The Kier molecular flexibility index (Phi) is 2.08. The van der Waals surface area contributed by atoms with Gasteiger partial charge in [0.15, 0.2) is 0 Å². The van der Waals surface area contributed by atoms with Crippen LogP contribution in [0.25, 0.3) is 21.9 Å². The van der Waals surface area contributed by atoms with Gasteiger partial charge in [0.05, 0.1) is 0 Å². The highest BCUT2D eigenvalue weighted by atomic mass is 79.9. The second-order valence-electron chi connectivity index (χ2n) is 3.44. The highest BCUT2D eigenvalue weighted by Gasteiger charge is 2.10. The van der Waals surface area contributed by atoms with Crippen LogP contribution in [0.1, 0.15) is 0 Å². The van der Waals surface area contributed by atoms with Crippen molar-refractivity contribution in [2.45, 2.75) is 0 Å². The highest BCUT2D eigenvalue weighted by Crippen LogP contribution is 2.33. The molecule has 1 atom stereocenters. The lowest BCUT2D eigenvalue weighted by Gasteiger charge is -1.95. The summed E-state index contributed by atoms with van der Waals surface area (Å²) in [6, 6.07) is 12.1. The summed E-state index contributed by atoms with van der Waals surface area (Å²) in [6.07, 6.45) is 0. The van der Waals surface area contributed by atoms with E-state index in [1.54, 1.807) is 0 Å². The molecular weight excluding hydrogens is 271 g/mol. The summed E-state index contributed by atoms with van der Waals surface area (Å²) in [5.41, 5.74) is 1.86. The molecule has 74 valence electrons. The van der Waals surface area contributed by atoms with E-state index in [4.69, 9.17) is 4.42 Å². The van der Waals surface area contributed by atoms with Gasteiger partial charge in [-0.2, -0.15) is 0 Å². The Hall–Kier alpha value is -0.850. The molecule has 3 heteroatoms. The molecule has 0 aliphatic carbocycles. The van der Waals surface area contributed by atoms with E-state index in [0.717, 1.165) is 26.3 Å². The minimum absolute atomic E-state index is 0.925. The molecule has 0 N–H and O–H groups in total. The zero-order valence-electron chi connectivity index (χ0n) is 7.83. The molecule has 1 aromatic heterocycles. The van der Waals surface area contributed by atoms with Crippen molar-refractivity contribution in [2.24, 2.45) is 0 Å². The van der Waals surface area contributed by atoms with Crippen molar-refractivity contribution in [3.63, 3.8) is 0 Å². The summed E-state index contributed by atoms with van der Waals surface area (Å²) in [5, 5.41) is 3.49. The third kappa shape index (κ3) is 1.32. The van der Waals surface area contributed by atoms with Crippen molar-refractivity contribution in [2.75, 3.05) is 0 Å². The van der Waals surface area contributed by atoms with Crippen LogP contribution in [0.4, 0.5) is 0 Å². The molecule has 3 aromatic rings. The van der Waals surface area contributed by atoms with Crippen molar-refractivity contribution in [1.82, 2.24) is 0 Å². The van der Waals surface area contributed by atoms with Gasteiger partial charge < -0.3 is 4.42 Å². The predicted molar refractivity (Wildman–Crippen MR) is 70.8 cm³/mol. The van der Waals surface area contributed by atoms with Crippen LogP contribution in [-0.4, -0.2) is 0 Å². The molecule has 1 unspecified atom stereocenters. The maximum atomic E-state index is 5.77. The fourth-order valence-corrected chi connectivity index (χ4v) is 2.80. The summed E-state index contributed by atoms with van der Waals surface area (Å²) >= 11 is 3.56. The monoisotopic (exact) mass is 278 g/mol. The van der Waals surface area contributed by atoms with Crippen LogP contribution in [0, 0.1) is 0 Å². The molecule has 0 aliphatic heterocycles. The van der Waals surface area contributed by atoms with Gasteiger partial charge in [0, 0.05) is 15.2 Å². The van der Waals surface area contributed by atoms with E-state index in [1.807, 2.05) is 30.3 Å². The summed E-state index contributed by atoms with van der Waals surface area (Å²) in [7, 11) is 2.75. The first-order chi connectivity index (χ1) is 7.27. The zero-order chi connectivity index (χ0) is 10.4. The summed E-state index contributed by atoms with van der Waals surface area (Å²) in [4.78, 5) is 0. The lowest BCUT2D eigenvalue weighted by Crippen LogP contribution is -1.89. The van der Waals surface area contributed by atoms with E-state index in [9.17, 15) is 0 Å². The molecule has 15 heavy (non-hydrogen) atoms. The van der Waals surface area contributed by atoms with Crippen molar-refractivity contribution < 1.29 is 4.42 Å². The average molecular weight is 279 g/mol. The topological polar surface area (TPSA) is 13.1 Å². The van der Waals surface area contributed by atoms with E-state index >= 15 is 0 Å². The van der Waals surface area contributed by atoms with Gasteiger partial charge in [0.25, 0.3) is 0 Å². The van der Waals surface area contributed by atoms with Crippen LogP contribution < -0.4 is 5.30 Å². The van der Waals surface area contributed by atoms with Gasteiger partial charge in [-0.1, -0.05) is 34.1 Å². The standard InChI is InChI=1S/C12H8BrOP/c13-7-3-1-4-8-11(7)12-9(14-8)5-2-6-10(12)15/h1-6H,15H2. The fourth-order valence-electron chi connectivity index (χ4n) is 1.85. The van der Waals surface area contributed by atoms with E-state index in [-0.39, 0.29) is 0 Å². The largest absolute Gasteiger partial charge is 0.456 e. The molecule has 3 rings (SSSR count). The number of halogens is 1. The molecule has 0 aliphatic rings. The van der Waals surface area contributed by atoms with E-state index < -0.39 is 0 Å². The second-order valence-corrected chi connectivity index (χ2v) is 4.91. The first kappa shape index (κ1) is 9.38. The van der Waals surface area contributed by atoms with Gasteiger partial charge in [0.1, 0.15) is 11.2 Å². The van der Waals surface area contributed by atoms with Crippen molar-refractivity contribution >= 4 is 52.4 Å². The normalized spacial score (nSPS) is 11.3. The van der Waals surface area contributed by atoms with Crippen molar-refractivity contribution in [1.29, 1.82) is 0 Å². The fraction of sp³-hybridized carbons (Fsp3) is 0. The third-order valence-corrected chi connectivity index (χ3v) is 3.65. The van der Waals surface area contributed by atoms with Crippen LogP contribution in [0.2, 0.25) is 0 Å². The number of hydrogen-bond acceptors (Lipinski definition) is 1. The summed E-state index contributed by atoms with van der Waals surface area (Å²) in [5.74, 6) is 0. The van der Waals surface area contributed by atoms with Crippen LogP contribution in [-0.2, 0) is 0 Å². The highest BCUT2D eigenvalue weighted by molar-refractivity contribution is 9.10. The third-order valence-electron chi connectivity index (χ3n) is 2.50. The Labute approximate surface area is 97.8 Å². The van der Waals surface area contributed by atoms with Crippen LogP contribution in [0.5, 0.6) is 0 Å². The predicted octanol–water partition coefficient (Wildman–Crippen LogP) is 3.85. The second kappa shape index (κ2) is 3.33. The quantitative estimate of drug-likeness (QED) is 0.570. The Morgan fingerprint density at radius 3 is 2.40 bits per heavy atom. The first-order valence-electron chi connectivity index (χ1n) is 4.62. The molecular formula is C12H8BrOP. The number of hydrogen-bond donors (Lipinski definition) is 0. The number of rotatable bonds is 0. The van der Waals surface area contributed by atoms with Gasteiger partial charge in [-0.05, 0) is 23.5 Å². The molecule has 0 fully saturated rings. The summed E-state index contributed by atoms with van der Waals surface area (Å²) in [6.45, 7) is 0. The van der Waals surface area contributed by atoms with Gasteiger partial charge in [-0.25, -0.2) is 0 Å². The Bertz CT molecular complexity index is 601. The van der Waals surface area contributed by atoms with E-state index in [0.29, 0.717) is 0 Å². The smallest absolute Gasteiger partial charge is 0.136 e. The Morgan fingerprint density at radius 1 is 0.933 bits per heavy atom. The van der Waals surface area contributed by atoms with Gasteiger partial charge >= 0.3 is 0 Å². The number of fused-ring (bicyclic) bond motifs is 3. The lowest BCUT2D eigenvalue weighted by atomic mass is 10.1. The molecule has 0 radical (unpaired) electrons. The van der Waals surface area contributed by atoms with Crippen molar-refractivity contribution in [3.05, 3.63) is 40.9 Å². The van der Waals surface area contributed by atoms with E-state index in [1.165, 1.54) is 5.39 Å². The minimum Gasteiger partial charge on any atom is -0.456 e. The SMILES string of the molecule is Pc1cccc2oc3cccc(Br)c3c12. The van der Waals surface area contributed by atoms with Crippen LogP contribution in [0.3, 0.4) is 0 Å². The molecule has 1 nitrogen and oxygen atoms in total. The summed E-state index contributed by atoms with van der Waals surface area (Å²) < 4.78 is 6.85. The molecule has 0 saturated carbocycles. The molecule has 0 bridgehead atoms. The molecule has 1 heterocycles. The Morgan fingerprint density at radius 2 is 1.60 bits per heavy atom. The minimum atomic E-state index is 0.925. The zero-order valence-corrected chi connectivity index (χ0v) is 10.6. The van der Waals surface area contributed by atoms with Crippen LogP contribution >= 0.6 is 25.2 Å². The van der Waals surface area contributed by atoms with Gasteiger partial charge in [-0.15, -0.1) is 9.24 Å². The average Bonchev–Trinajstić information content (AvgIpc) is 2.58. The number of benzene rings is 2. The Balaban J connectivity index is 2.67. The molecule has 0 amide bonds. The van der Waals surface area contributed by atoms with E-state index in [2.05, 4.69) is 31.2 Å². The molecule has 0 spiro atoms. The first-order valence-corrected chi connectivity index (χ1v) is 5.99. The maximum absolute atomic E-state index is 5.77. The lowest BCUT2D eigenvalue weighted by molar-refractivity contribution is 0.669. The number of furan rings is 1. The van der Waals surface area contributed by atoms with Crippen LogP contribution in [0.15, 0.2) is 45.3 Å². The van der Waals surface area contributed by atoms with Gasteiger partial charge in [0.2, 0.25) is 0 Å². The maximum Gasteiger partial charge on any atom is 0.136 e. The van der Waals surface area contributed by atoms with Gasteiger partial charge in [-0.3, -0.25) is 0 Å². The molecule has 0 saturated heterocycles. The van der Waals surface area contributed by atoms with Crippen molar-refractivity contribution in [3.8, 4) is 0 Å².